The van der Waals surface area contributed by atoms with Gasteiger partial charge in [-0.15, -0.1) is 6.42 Å². The Morgan fingerprint density at radius 2 is 1.84 bits per heavy atom. The van der Waals surface area contributed by atoms with Crippen LogP contribution < -0.4 is 4.90 Å². The molecule has 0 N–H and O–H groups in total. The van der Waals surface area contributed by atoms with Crippen LogP contribution in [0.15, 0.2) is 60.7 Å². The number of anilines is 1. The standard InChI is InChI=1S/C22H16FNO/c1-2-13-24-20-12-9-15-5-3-4-6-18(15)22(20)19(14-21(24)25)16-7-10-17(23)11-8-16/h1,3-12,19H,13-14H2. The summed E-state index contributed by atoms with van der Waals surface area (Å²) in [5, 5.41) is 2.22. The van der Waals surface area contributed by atoms with E-state index in [1.165, 1.54) is 12.1 Å². The molecule has 0 aromatic heterocycles. The van der Waals surface area contributed by atoms with Crippen molar-refractivity contribution in [1.29, 1.82) is 0 Å². The molecule has 1 atom stereocenters. The second kappa shape index (κ2) is 6.07. The topological polar surface area (TPSA) is 20.3 Å². The third-order valence-electron chi connectivity index (χ3n) is 4.79. The highest BCUT2D eigenvalue weighted by atomic mass is 19.1. The maximum Gasteiger partial charge on any atom is 0.228 e. The fourth-order valence-corrected chi connectivity index (χ4v) is 3.65. The molecule has 1 amide bonds. The molecule has 1 unspecified atom stereocenters. The minimum absolute atomic E-state index is 0.00458. The number of carbonyl (C=O) groups excluding carboxylic acids is 1. The molecule has 3 aromatic carbocycles. The van der Waals surface area contributed by atoms with Gasteiger partial charge in [0, 0.05) is 18.0 Å². The Morgan fingerprint density at radius 3 is 2.60 bits per heavy atom. The largest absolute Gasteiger partial charge is 0.300 e. The van der Waals surface area contributed by atoms with Crippen LogP contribution in [0.3, 0.4) is 0 Å². The number of halogens is 1. The van der Waals surface area contributed by atoms with Crippen LogP contribution in [-0.4, -0.2) is 12.5 Å². The van der Waals surface area contributed by atoms with Crippen molar-refractivity contribution in [2.75, 3.05) is 11.4 Å². The molecule has 0 bridgehead atoms. The summed E-state index contributed by atoms with van der Waals surface area (Å²) in [6, 6.07) is 18.5. The summed E-state index contributed by atoms with van der Waals surface area (Å²) in [6.45, 7) is 0.250. The first-order chi connectivity index (χ1) is 12.2. The van der Waals surface area contributed by atoms with Crippen molar-refractivity contribution in [2.24, 2.45) is 0 Å². The number of amides is 1. The molecule has 1 heterocycles. The maximum absolute atomic E-state index is 13.3. The van der Waals surface area contributed by atoms with Gasteiger partial charge >= 0.3 is 0 Å². The molecule has 0 fully saturated rings. The first-order valence-corrected chi connectivity index (χ1v) is 8.20. The van der Waals surface area contributed by atoms with Crippen LogP contribution >= 0.6 is 0 Å². The summed E-state index contributed by atoms with van der Waals surface area (Å²) in [5.74, 6) is 2.18. The van der Waals surface area contributed by atoms with E-state index in [9.17, 15) is 9.18 Å². The first-order valence-electron chi connectivity index (χ1n) is 8.20. The summed E-state index contributed by atoms with van der Waals surface area (Å²) in [5.41, 5.74) is 2.87. The highest BCUT2D eigenvalue weighted by Crippen LogP contribution is 2.43. The van der Waals surface area contributed by atoms with Crippen LogP contribution in [0.5, 0.6) is 0 Å². The molecule has 0 saturated heterocycles. The predicted molar refractivity (Wildman–Crippen MR) is 98.0 cm³/mol. The lowest BCUT2D eigenvalue weighted by molar-refractivity contribution is -0.119. The van der Waals surface area contributed by atoms with Crippen molar-refractivity contribution in [1.82, 2.24) is 0 Å². The summed E-state index contributed by atoms with van der Waals surface area (Å²) in [6.07, 6.45) is 5.80. The Hall–Kier alpha value is -3.12. The molecule has 0 aliphatic carbocycles. The lowest BCUT2D eigenvalue weighted by Gasteiger charge is -2.34. The van der Waals surface area contributed by atoms with Crippen molar-refractivity contribution in [2.45, 2.75) is 12.3 Å². The van der Waals surface area contributed by atoms with Gasteiger partial charge in [0.05, 0.1) is 6.54 Å². The maximum atomic E-state index is 13.3. The Kier molecular flexibility index (Phi) is 3.74. The van der Waals surface area contributed by atoms with Gasteiger partial charge in [0.15, 0.2) is 0 Å². The van der Waals surface area contributed by atoms with Crippen molar-refractivity contribution in [3.05, 3.63) is 77.6 Å². The smallest absolute Gasteiger partial charge is 0.228 e. The van der Waals surface area contributed by atoms with Gasteiger partial charge in [-0.2, -0.15) is 0 Å². The highest BCUT2D eigenvalue weighted by Gasteiger charge is 2.33. The fraction of sp³-hybridized carbons (Fsp3) is 0.136. The molecule has 0 spiro atoms. The number of hydrogen-bond acceptors (Lipinski definition) is 1. The second-order valence-electron chi connectivity index (χ2n) is 6.21. The van der Waals surface area contributed by atoms with E-state index in [-0.39, 0.29) is 24.2 Å². The SMILES string of the molecule is C#CCN1C(=O)CC(c2ccc(F)cc2)c2c1ccc1ccccc21. The number of rotatable bonds is 2. The lowest BCUT2D eigenvalue weighted by Crippen LogP contribution is -2.37. The molecule has 1 aliphatic rings. The molecular weight excluding hydrogens is 313 g/mol. The van der Waals surface area contributed by atoms with Gasteiger partial charge < -0.3 is 4.90 Å². The number of benzene rings is 3. The van der Waals surface area contributed by atoms with Crippen LogP contribution in [0.4, 0.5) is 10.1 Å². The molecule has 122 valence electrons. The predicted octanol–water partition coefficient (Wildman–Crippen LogP) is 4.48. The zero-order valence-electron chi connectivity index (χ0n) is 13.6. The van der Waals surface area contributed by atoms with Crippen LogP contribution in [0.1, 0.15) is 23.5 Å². The first kappa shape index (κ1) is 15.4. The van der Waals surface area contributed by atoms with Crippen molar-refractivity contribution in [3.63, 3.8) is 0 Å². The highest BCUT2D eigenvalue weighted by molar-refractivity contribution is 6.03. The molecule has 4 rings (SSSR count). The van der Waals surface area contributed by atoms with Gasteiger partial charge in [-0.1, -0.05) is 48.4 Å². The van der Waals surface area contributed by atoms with Gasteiger partial charge in [0.2, 0.25) is 5.91 Å². The van der Waals surface area contributed by atoms with Gasteiger partial charge in [-0.25, -0.2) is 4.39 Å². The van der Waals surface area contributed by atoms with E-state index >= 15 is 0 Å². The number of fused-ring (bicyclic) bond motifs is 3. The number of hydrogen-bond donors (Lipinski definition) is 0. The second-order valence-corrected chi connectivity index (χ2v) is 6.21. The quantitative estimate of drug-likeness (QED) is 0.635. The van der Waals surface area contributed by atoms with Crippen molar-refractivity contribution >= 4 is 22.4 Å². The van der Waals surface area contributed by atoms with E-state index in [0.717, 1.165) is 27.6 Å². The average Bonchev–Trinajstić information content (AvgIpc) is 2.64. The number of carbonyl (C=O) groups is 1. The van der Waals surface area contributed by atoms with E-state index < -0.39 is 0 Å². The third-order valence-corrected chi connectivity index (χ3v) is 4.79. The Labute approximate surface area is 145 Å². The van der Waals surface area contributed by atoms with E-state index in [1.54, 1.807) is 17.0 Å². The lowest BCUT2D eigenvalue weighted by atomic mass is 9.81. The van der Waals surface area contributed by atoms with Crippen LogP contribution in [0, 0.1) is 18.2 Å². The summed E-state index contributed by atoms with van der Waals surface area (Å²) in [4.78, 5) is 14.4. The summed E-state index contributed by atoms with van der Waals surface area (Å²) in [7, 11) is 0. The van der Waals surface area contributed by atoms with Crippen molar-refractivity contribution in [3.8, 4) is 12.3 Å². The number of nitrogens with zero attached hydrogens (tertiary/aromatic N) is 1. The Balaban J connectivity index is 1.98. The van der Waals surface area contributed by atoms with Crippen LogP contribution in [-0.2, 0) is 4.79 Å². The zero-order valence-corrected chi connectivity index (χ0v) is 13.6. The molecular formula is C22H16FNO. The van der Waals surface area contributed by atoms with Gasteiger partial charge in [0.1, 0.15) is 5.82 Å². The molecule has 1 aliphatic heterocycles. The molecule has 2 nitrogen and oxygen atoms in total. The summed E-state index contributed by atoms with van der Waals surface area (Å²) >= 11 is 0. The fourth-order valence-electron chi connectivity index (χ4n) is 3.65. The van der Waals surface area contributed by atoms with E-state index in [4.69, 9.17) is 6.42 Å². The minimum Gasteiger partial charge on any atom is -0.300 e. The van der Waals surface area contributed by atoms with E-state index in [2.05, 4.69) is 18.1 Å². The summed E-state index contributed by atoms with van der Waals surface area (Å²) < 4.78 is 13.3. The van der Waals surface area contributed by atoms with Gasteiger partial charge in [0.25, 0.3) is 0 Å². The Morgan fingerprint density at radius 1 is 1.08 bits per heavy atom. The van der Waals surface area contributed by atoms with Gasteiger partial charge in [-0.05, 0) is 40.1 Å². The molecule has 0 radical (unpaired) electrons. The van der Waals surface area contributed by atoms with Crippen LogP contribution in [0.25, 0.3) is 10.8 Å². The Bertz CT molecular complexity index is 1000. The van der Waals surface area contributed by atoms with Crippen molar-refractivity contribution < 1.29 is 9.18 Å². The number of terminal acetylenes is 1. The minimum atomic E-state index is -0.280. The molecule has 0 saturated carbocycles. The normalized spacial score (nSPS) is 16.6. The van der Waals surface area contributed by atoms with E-state index in [0.29, 0.717) is 6.42 Å². The molecule has 3 heteroatoms. The monoisotopic (exact) mass is 329 g/mol. The van der Waals surface area contributed by atoms with Crippen LogP contribution in [0.2, 0.25) is 0 Å². The zero-order chi connectivity index (χ0) is 17.4. The molecule has 25 heavy (non-hydrogen) atoms. The van der Waals surface area contributed by atoms with E-state index in [1.807, 2.05) is 24.3 Å². The average molecular weight is 329 g/mol. The molecule has 3 aromatic rings. The third kappa shape index (κ3) is 2.56. The van der Waals surface area contributed by atoms with Gasteiger partial charge in [-0.3, -0.25) is 4.79 Å².